The highest BCUT2D eigenvalue weighted by Gasteiger charge is 2.18. The first-order chi connectivity index (χ1) is 12.8. The molecule has 1 amide bonds. The van der Waals surface area contributed by atoms with E-state index in [2.05, 4.69) is 52.3 Å². The molecule has 0 saturated carbocycles. The number of thiophene rings is 1. The van der Waals surface area contributed by atoms with E-state index in [1.165, 1.54) is 16.6 Å². The summed E-state index contributed by atoms with van der Waals surface area (Å²) in [5.41, 5.74) is 2.76. The van der Waals surface area contributed by atoms with Crippen molar-refractivity contribution in [1.82, 2.24) is 14.8 Å². The molecule has 0 unspecified atom stereocenters. The molecule has 3 rings (SSSR count). The van der Waals surface area contributed by atoms with Crippen molar-refractivity contribution in [1.29, 1.82) is 0 Å². The minimum absolute atomic E-state index is 0.100. The van der Waals surface area contributed by atoms with Crippen molar-refractivity contribution in [2.75, 3.05) is 11.1 Å². The van der Waals surface area contributed by atoms with E-state index in [4.69, 9.17) is 11.6 Å². The van der Waals surface area contributed by atoms with Crippen LogP contribution in [0.15, 0.2) is 34.8 Å². The molecule has 142 valence electrons. The van der Waals surface area contributed by atoms with Crippen LogP contribution in [0.25, 0.3) is 11.4 Å². The van der Waals surface area contributed by atoms with Crippen LogP contribution in [-0.2, 0) is 4.79 Å². The van der Waals surface area contributed by atoms with Crippen molar-refractivity contribution in [2.45, 2.75) is 38.9 Å². The SMILES string of the molecule is Cc1cc(-c2nnc(SCC(=O)Nc3cc(Cl)ccc3C)n2C(C)C)cs1. The minimum atomic E-state index is -0.100. The van der Waals surface area contributed by atoms with Crippen molar-refractivity contribution in [3.8, 4) is 11.4 Å². The van der Waals surface area contributed by atoms with E-state index >= 15 is 0 Å². The van der Waals surface area contributed by atoms with Crippen LogP contribution in [0.4, 0.5) is 5.69 Å². The van der Waals surface area contributed by atoms with Gasteiger partial charge in [-0.1, -0.05) is 29.4 Å². The minimum Gasteiger partial charge on any atom is -0.325 e. The summed E-state index contributed by atoms with van der Waals surface area (Å²) < 4.78 is 2.07. The summed E-state index contributed by atoms with van der Waals surface area (Å²) in [6.45, 7) is 8.18. The predicted molar refractivity (Wildman–Crippen MR) is 114 cm³/mol. The second-order valence-electron chi connectivity index (χ2n) is 6.51. The quantitative estimate of drug-likeness (QED) is 0.528. The summed E-state index contributed by atoms with van der Waals surface area (Å²) in [5, 5.41) is 15.0. The van der Waals surface area contributed by atoms with E-state index in [-0.39, 0.29) is 17.7 Å². The molecule has 0 radical (unpaired) electrons. The van der Waals surface area contributed by atoms with Crippen LogP contribution >= 0.6 is 34.7 Å². The van der Waals surface area contributed by atoms with Gasteiger partial charge in [-0.2, -0.15) is 0 Å². The fourth-order valence-corrected chi connectivity index (χ4v) is 4.36. The first kappa shape index (κ1) is 19.9. The van der Waals surface area contributed by atoms with Crippen LogP contribution in [0, 0.1) is 13.8 Å². The molecular formula is C19H21ClN4OS2. The van der Waals surface area contributed by atoms with Gasteiger partial charge in [0.15, 0.2) is 11.0 Å². The zero-order valence-electron chi connectivity index (χ0n) is 15.6. The Hall–Kier alpha value is -1.83. The normalized spacial score (nSPS) is 11.2. The number of thioether (sulfide) groups is 1. The van der Waals surface area contributed by atoms with Crippen LogP contribution in [0.1, 0.15) is 30.3 Å². The lowest BCUT2D eigenvalue weighted by Gasteiger charge is -2.13. The summed E-state index contributed by atoms with van der Waals surface area (Å²) in [5.74, 6) is 0.985. The fourth-order valence-electron chi connectivity index (χ4n) is 2.64. The molecule has 0 aliphatic heterocycles. The van der Waals surface area contributed by atoms with E-state index in [0.717, 1.165) is 27.8 Å². The number of nitrogens with zero attached hydrogens (tertiary/aromatic N) is 3. The van der Waals surface area contributed by atoms with Gasteiger partial charge in [-0.3, -0.25) is 9.36 Å². The first-order valence-electron chi connectivity index (χ1n) is 8.54. The largest absolute Gasteiger partial charge is 0.325 e. The number of carbonyl (C=O) groups excluding carboxylic acids is 1. The molecule has 3 aromatic rings. The average Bonchev–Trinajstić information content (AvgIpc) is 3.22. The van der Waals surface area contributed by atoms with Crippen LogP contribution in [0.5, 0.6) is 0 Å². The highest BCUT2D eigenvalue weighted by atomic mass is 35.5. The summed E-state index contributed by atoms with van der Waals surface area (Å²) in [6.07, 6.45) is 0. The third-order valence-electron chi connectivity index (χ3n) is 3.98. The predicted octanol–water partition coefficient (Wildman–Crippen LogP) is 5.59. The standard InChI is InChI=1S/C19H21ClN4OS2/c1-11(2)24-18(14-7-13(4)26-9-14)22-23-19(24)27-10-17(25)21-16-8-15(20)6-5-12(16)3/h5-9,11H,10H2,1-4H3,(H,21,25). The number of amides is 1. The van der Waals surface area contributed by atoms with Gasteiger partial charge in [-0.25, -0.2) is 0 Å². The van der Waals surface area contributed by atoms with Crippen LogP contribution < -0.4 is 5.32 Å². The van der Waals surface area contributed by atoms with Gasteiger partial charge in [-0.15, -0.1) is 21.5 Å². The number of rotatable bonds is 6. The molecule has 0 aliphatic carbocycles. The molecule has 0 bridgehead atoms. The van der Waals surface area contributed by atoms with E-state index in [1.807, 2.05) is 13.0 Å². The number of aromatic nitrogens is 3. The van der Waals surface area contributed by atoms with Gasteiger partial charge >= 0.3 is 0 Å². The van der Waals surface area contributed by atoms with Gasteiger partial charge in [0, 0.05) is 32.6 Å². The Labute approximate surface area is 172 Å². The molecular weight excluding hydrogens is 400 g/mol. The molecule has 0 spiro atoms. The zero-order valence-corrected chi connectivity index (χ0v) is 18.0. The van der Waals surface area contributed by atoms with Gasteiger partial charge in [-0.05, 0) is 51.5 Å². The molecule has 1 N–H and O–H groups in total. The topological polar surface area (TPSA) is 59.8 Å². The maximum Gasteiger partial charge on any atom is 0.234 e. The van der Waals surface area contributed by atoms with E-state index in [1.54, 1.807) is 23.5 Å². The second kappa shape index (κ2) is 8.46. The second-order valence-corrected chi connectivity index (χ2v) is 9.01. The number of aryl methyl sites for hydroxylation is 2. The Bertz CT molecular complexity index is 965. The Balaban J connectivity index is 1.73. The molecule has 8 heteroatoms. The average molecular weight is 421 g/mol. The lowest BCUT2D eigenvalue weighted by molar-refractivity contribution is -0.113. The third kappa shape index (κ3) is 4.72. The number of nitrogens with one attached hydrogen (secondary N) is 1. The number of hydrogen-bond acceptors (Lipinski definition) is 5. The Morgan fingerprint density at radius 1 is 1.30 bits per heavy atom. The number of anilines is 1. The van der Waals surface area contributed by atoms with Crippen molar-refractivity contribution in [2.24, 2.45) is 0 Å². The highest BCUT2D eigenvalue weighted by Crippen LogP contribution is 2.30. The lowest BCUT2D eigenvalue weighted by atomic mass is 10.2. The first-order valence-corrected chi connectivity index (χ1v) is 10.8. The lowest BCUT2D eigenvalue weighted by Crippen LogP contribution is -2.15. The van der Waals surface area contributed by atoms with Gasteiger partial charge < -0.3 is 5.32 Å². The Morgan fingerprint density at radius 3 is 2.74 bits per heavy atom. The van der Waals surface area contributed by atoms with E-state index in [0.29, 0.717) is 5.02 Å². The summed E-state index contributed by atoms with van der Waals surface area (Å²) >= 11 is 9.09. The molecule has 27 heavy (non-hydrogen) atoms. The Morgan fingerprint density at radius 2 is 2.07 bits per heavy atom. The molecule has 0 saturated heterocycles. The molecule has 0 fully saturated rings. The fraction of sp³-hybridized carbons (Fsp3) is 0.316. The summed E-state index contributed by atoms with van der Waals surface area (Å²) in [7, 11) is 0. The maximum absolute atomic E-state index is 12.4. The molecule has 2 heterocycles. The van der Waals surface area contributed by atoms with E-state index in [9.17, 15) is 4.79 Å². The monoisotopic (exact) mass is 420 g/mol. The molecule has 0 atom stereocenters. The van der Waals surface area contributed by atoms with Crippen LogP contribution in [-0.4, -0.2) is 26.4 Å². The highest BCUT2D eigenvalue weighted by molar-refractivity contribution is 7.99. The summed E-state index contributed by atoms with van der Waals surface area (Å²) in [6, 6.07) is 7.75. The van der Waals surface area contributed by atoms with Gasteiger partial charge in [0.25, 0.3) is 0 Å². The van der Waals surface area contributed by atoms with Gasteiger partial charge in [0.2, 0.25) is 5.91 Å². The van der Waals surface area contributed by atoms with Crippen LogP contribution in [0.2, 0.25) is 5.02 Å². The zero-order chi connectivity index (χ0) is 19.6. The number of halogens is 1. The molecule has 0 aliphatic rings. The van der Waals surface area contributed by atoms with Gasteiger partial charge in [0.1, 0.15) is 0 Å². The maximum atomic E-state index is 12.4. The smallest absolute Gasteiger partial charge is 0.234 e. The van der Waals surface area contributed by atoms with Crippen molar-refractivity contribution in [3.05, 3.63) is 45.1 Å². The van der Waals surface area contributed by atoms with Crippen LogP contribution in [0.3, 0.4) is 0 Å². The van der Waals surface area contributed by atoms with Gasteiger partial charge in [0.05, 0.1) is 5.75 Å². The molecule has 2 aromatic heterocycles. The Kier molecular flexibility index (Phi) is 6.24. The number of carbonyl (C=O) groups is 1. The van der Waals surface area contributed by atoms with Crippen molar-refractivity contribution in [3.63, 3.8) is 0 Å². The summed E-state index contributed by atoms with van der Waals surface area (Å²) in [4.78, 5) is 13.6. The van der Waals surface area contributed by atoms with Crippen molar-refractivity contribution >= 4 is 46.3 Å². The molecule has 1 aromatic carbocycles. The van der Waals surface area contributed by atoms with E-state index < -0.39 is 0 Å². The van der Waals surface area contributed by atoms with Crippen molar-refractivity contribution < 1.29 is 4.79 Å². The third-order valence-corrected chi connectivity index (χ3v) is 6.02. The molecule has 5 nitrogen and oxygen atoms in total. The number of benzene rings is 1. The number of hydrogen-bond donors (Lipinski definition) is 1.